The molecule has 112 valence electrons. The van der Waals surface area contributed by atoms with Gasteiger partial charge >= 0.3 is 0 Å². The smallest absolute Gasteiger partial charge is 0.253 e. The highest BCUT2D eigenvalue weighted by atomic mass is 19.1. The molecule has 0 unspecified atom stereocenters. The first kappa shape index (κ1) is 16.6. The molecule has 0 bridgehead atoms. The van der Waals surface area contributed by atoms with Gasteiger partial charge in [0.25, 0.3) is 5.91 Å². The van der Waals surface area contributed by atoms with Crippen LogP contribution in [0.5, 0.6) is 0 Å². The van der Waals surface area contributed by atoms with Gasteiger partial charge in [0.2, 0.25) is 0 Å². The number of carbonyl (C=O) groups is 1. The molecule has 0 saturated carbocycles. The Labute approximate surface area is 121 Å². The van der Waals surface area contributed by atoms with Crippen LogP contribution in [0, 0.1) is 18.2 Å². The molecule has 0 radical (unpaired) electrons. The summed E-state index contributed by atoms with van der Waals surface area (Å²) >= 11 is 0. The van der Waals surface area contributed by atoms with Gasteiger partial charge in [-0.15, -0.1) is 0 Å². The summed E-state index contributed by atoms with van der Waals surface area (Å²) in [5.74, 6) is -0.501. The number of hydrogen-bond acceptors (Lipinski definition) is 2. The second-order valence-electron chi connectivity index (χ2n) is 6.11. The Hall–Kier alpha value is -1.42. The van der Waals surface area contributed by atoms with Crippen LogP contribution in [0.1, 0.15) is 43.1 Å². The number of nitrogens with zero attached hydrogens (tertiary/aromatic N) is 1. The Morgan fingerprint density at radius 3 is 2.50 bits per heavy atom. The van der Waals surface area contributed by atoms with Gasteiger partial charge in [-0.3, -0.25) is 4.79 Å². The van der Waals surface area contributed by atoms with Gasteiger partial charge in [0.15, 0.2) is 0 Å². The number of amides is 1. The molecule has 2 N–H and O–H groups in total. The molecule has 0 aliphatic carbocycles. The van der Waals surface area contributed by atoms with E-state index in [0.29, 0.717) is 25.2 Å². The molecule has 0 aliphatic heterocycles. The molecule has 0 spiro atoms. The third kappa shape index (κ3) is 4.60. The van der Waals surface area contributed by atoms with Crippen LogP contribution in [0.25, 0.3) is 0 Å². The Balaban J connectivity index is 2.99. The van der Waals surface area contributed by atoms with Crippen LogP contribution in [0.3, 0.4) is 0 Å². The molecule has 1 amide bonds. The Morgan fingerprint density at radius 1 is 1.35 bits per heavy atom. The second-order valence-corrected chi connectivity index (χ2v) is 6.11. The van der Waals surface area contributed by atoms with Crippen molar-refractivity contribution in [2.45, 2.75) is 34.1 Å². The lowest BCUT2D eigenvalue weighted by Gasteiger charge is -2.32. The van der Waals surface area contributed by atoms with Crippen molar-refractivity contribution in [3.8, 4) is 0 Å². The van der Waals surface area contributed by atoms with E-state index in [1.54, 1.807) is 17.9 Å². The predicted octanol–water partition coefficient (Wildman–Crippen LogP) is 2.97. The molecule has 0 heterocycles. The highest BCUT2D eigenvalue weighted by Crippen LogP contribution is 2.18. The predicted molar refractivity (Wildman–Crippen MR) is 80.2 cm³/mol. The second kappa shape index (κ2) is 6.84. The van der Waals surface area contributed by atoms with E-state index in [1.165, 1.54) is 12.1 Å². The molecule has 1 rings (SSSR count). The van der Waals surface area contributed by atoms with Crippen LogP contribution in [-0.2, 0) is 0 Å². The number of nitrogens with two attached hydrogens (primary N) is 1. The van der Waals surface area contributed by atoms with Gasteiger partial charge in [-0.05, 0) is 49.1 Å². The minimum absolute atomic E-state index is 0.129. The van der Waals surface area contributed by atoms with Crippen LogP contribution in [-0.4, -0.2) is 30.4 Å². The van der Waals surface area contributed by atoms with E-state index in [0.717, 1.165) is 12.0 Å². The fraction of sp³-hybridized carbons (Fsp3) is 0.562. The number of carbonyl (C=O) groups excluding carboxylic acids is 1. The van der Waals surface area contributed by atoms with E-state index in [4.69, 9.17) is 5.73 Å². The summed E-state index contributed by atoms with van der Waals surface area (Å²) in [6, 6.07) is 4.45. The van der Waals surface area contributed by atoms with Gasteiger partial charge in [0, 0.05) is 18.7 Å². The zero-order chi connectivity index (χ0) is 15.3. The van der Waals surface area contributed by atoms with Gasteiger partial charge in [0.05, 0.1) is 0 Å². The summed E-state index contributed by atoms with van der Waals surface area (Å²) in [4.78, 5) is 14.3. The Morgan fingerprint density at radius 2 is 2.00 bits per heavy atom. The lowest BCUT2D eigenvalue weighted by Crippen LogP contribution is -2.42. The van der Waals surface area contributed by atoms with Gasteiger partial charge in [-0.2, -0.15) is 0 Å². The van der Waals surface area contributed by atoms with E-state index in [1.807, 2.05) is 20.8 Å². The third-order valence-corrected chi connectivity index (χ3v) is 3.24. The van der Waals surface area contributed by atoms with E-state index in [2.05, 4.69) is 0 Å². The van der Waals surface area contributed by atoms with Crippen molar-refractivity contribution in [2.24, 2.45) is 11.1 Å². The monoisotopic (exact) mass is 280 g/mol. The van der Waals surface area contributed by atoms with Gasteiger partial charge < -0.3 is 10.6 Å². The number of hydrogen-bond donors (Lipinski definition) is 1. The normalized spacial score (nSPS) is 11.5. The van der Waals surface area contributed by atoms with Crippen molar-refractivity contribution in [1.82, 2.24) is 4.90 Å². The van der Waals surface area contributed by atoms with Crippen molar-refractivity contribution in [2.75, 3.05) is 19.6 Å². The Kier molecular flexibility index (Phi) is 5.69. The molecule has 0 saturated heterocycles. The van der Waals surface area contributed by atoms with Crippen molar-refractivity contribution >= 4 is 5.91 Å². The fourth-order valence-corrected chi connectivity index (χ4v) is 2.15. The summed E-state index contributed by atoms with van der Waals surface area (Å²) in [5.41, 5.74) is 6.75. The van der Waals surface area contributed by atoms with Crippen molar-refractivity contribution in [3.63, 3.8) is 0 Å². The van der Waals surface area contributed by atoms with Gasteiger partial charge in [0.1, 0.15) is 5.82 Å². The first-order valence-corrected chi connectivity index (χ1v) is 7.05. The van der Waals surface area contributed by atoms with Crippen molar-refractivity contribution in [1.29, 1.82) is 0 Å². The number of aryl methyl sites for hydroxylation is 1. The molecule has 20 heavy (non-hydrogen) atoms. The minimum Gasteiger partial charge on any atom is -0.338 e. The highest BCUT2D eigenvalue weighted by molar-refractivity contribution is 5.94. The highest BCUT2D eigenvalue weighted by Gasteiger charge is 2.24. The average Bonchev–Trinajstić information content (AvgIpc) is 2.36. The Bertz CT molecular complexity index is 451. The van der Waals surface area contributed by atoms with E-state index >= 15 is 0 Å². The fourth-order valence-electron chi connectivity index (χ4n) is 2.15. The summed E-state index contributed by atoms with van der Waals surface area (Å²) < 4.78 is 13.5. The molecule has 0 fully saturated rings. The quantitative estimate of drug-likeness (QED) is 0.870. The van der Waals surface area contributed by atoms with Crippen molar-refractivity contribution in [3.05, 3.63) is 35.1 Å². The summed E-state index contributed by atoms with van der Waals surface area (Å²) in [6.07, 6.45) is 0.862. The van der Waals surface area contributed by atoms with Crippen LogP contribution in [0.4, 0.5) is 4.39 Å². The topological polar surface area (TPSA) is 46.3 Å². The molecule has 0 aromatic heterocycles. The molecule has 1 aromatic carbocycles. The van der Waals surface area contributed by atoms with Crippen LogP contribution in [0.2, 0.25) is 0 Å². The van der Waals surface area contributed by atoms with Crippen molar-refractivity contribution < 1.29 is 9.18 Å². The third-order valence-electron chi connectivity index (χ3n) is 3.24. The minimum atomic E-state index is -0.372. The zero-order valence-electron chi connectivity index (χ0n) is 12.9. The SMILES string of the molecule is CCCN(CC(C)(C)CN)C(=O)c1cc(C)cc(F)c1. The molecular formula is C16H25FN2O. The molecule has 4 heteroatoms. The van der Waals surface area contributed by atoms with Crippen LogP contribution in [0.15, 0.2) is 18.2 Å². The summed E-state index contributed by atoms with van der Waals surface area (Å²) in [6.45, 7) is 9.59. The first-order valence-electron chi connectivity index (χ1n) is 7.05. The van der Waals surface area contributed by atoms with E-state index in [-0.39, 0.29) is 17.1 Å². The molecule has 0 aliphatic rings. The van der Waals surface area contributed by atoms with E-state index in [9.17, 15) is 9.18 Å². The molecule has 3 nitrogen and oxygen atoms in total. The molecular weight excluding hydrogens is 255 g/mol. The molecule has 0 atom stereocenters. The lowest BCUT2D eigenvalue weighted by molar-refractivity contribution is 0.0689. The van der Waals surface area contributed by atoms with Crippen LogP contribution < -0.4 is 5.73 Å². The zero-order valence-corrected chi connectivity index (χ0v) is 12.9. The maximum atomic E-state index is 13.5. The summed E-state index contributed by atoms with van der Waals surface area (Å²) in [5, 5.41) is 0. The van der Waals surface area contributed by atoms with E-state index < -0.39 is 0 Å². The van der Waals surface area contributed by atoms with Crippen LogP contribution >= 0.6 is 0 Å². The lowest BCUT2D eigenvalue weighted by atomic mass is 9.92. The first-order chi connectivity index (χ1) is 9.29. The maximum Gasteiger partial charge on any atom is 0.253 e. The largest absolute Gasteiger partial charge is 0.338 e. The number of benzene rings is 1. The average molecular weight is 280 g/mol. The number of halogens is 1. The maximum absolute atomic E-state index is 13.5. The molecule has 1 aromatic rings. The van der Waals surface area contributed by atoms with Gasteiger partial charge in [-0.25, -0.2) is 4.39 Å². The summed E-state index contributed by atoms with van der Waals surface area (Å²) in [7, 11) is 0. The number of rotatable bonds is 6. The van der Waals surface area contributed by atoms with Gasteiger partial charge in [-0.1, -0.05) is 20.8 Å². The standard InChI is InChI=1S/C16H25FN2O/c1-5-6-19(11-16(3,4)10-18)15(20)13-7-12(2)8-14(17)9-13/h7-9H,5-6,10-11,18H2,1-4H3.